The summed E-state index contributed by atoms with van der Waals surface area (Å²) in [4.78, 5) is 21.1. The van der Waals surface area contributed by atoms with Crippen molar-refractivity contribution in [3.8, 4) is 0 Å². The fourth-order valence-electron chi connectivity index (χ4n) is 0.967. The second-order valence-electron chi connectivity index (χ2n) is 2.77. The summed E-state index contributed by atoms with van der Waals surface area (Å²) in [6.07, 6.45) is -0.520. The molecule has 6 heteroatoms. The maximum Gasteiger partial charge on any atom is 0.356 e. The average Bonchev–Trinajstić information content (AvgIpc) is 2.50. The van der Waals surface area contributed by atoms with E-state index in [-0.39, 0.29) is 5.69 Å². The number of nitrogens with one attached hydrogen (secondary N) is 1. The van der Waals surface area contributed by atoms with Crippen molar-refractivity contribution < 1.29 is 19.4 Å². The second-order valence-corrected chi connectivity index (χ2v) is 2.77. The highest BCUT2D eigenvalue weighted by Gasteiger charge is 2.14. The Kier molecular flexibility index (Phi) is 2.85. The lowest BCUT2D eigenvalue weighted by Gasteiger charge is -2.08. The van der Waals surface area contributed by atoms with E-state index in [1.54, 1.807) is 6.92 Å². The van der Waals surface area contributed by atoms with E-state index in [9.17, 15) is 9.59 Å². The van der Waals surface area contributed by atoms with Crippen molar-refractivity contribution in [1.82, 2.24) is 10.2 Å². The molecule has 6 nitrogen and oxygen atoms in total. The van der Waals surface area contributed by atoms with Gasteiger partial charge in [-0.15, -0.1) is 0 Å². The van der Waals surface area contributed by atoms with Crippen LogP contribution in [0.15, 0.2) is 6.07 Å². The number of hydrogen-bond acceptors (Lipinski definition) is 4. The Labute approximate surface area is 79.9 Å². The van der Waals surface area contributed by atoms with Crippen LogP contribution in [0.4, 0.5) is 0 Å². The van der Waals surface area contributed by atoms with Crippen LogP contribution in [-0.4, -0.2) is 27.2 Å². The lowest BCUT2D eigenvalue weighted by atomic mass is 10.2. The highest BCUT2D eigenvalue weighted by atomic mass is 16.5. The monoisotopic (exact) mass is 198 g/mol. The zero-order valence-electron chi connectivity index (χ0n) is 7.77. The second kappa shape index (κ2) is 3.91. The molecule has 1 aromatic heterocycles. The molecule has 0 aliphatic heterocycles. The van der Waals surface area contributed by atoms with Crippen LogP contribution in [0.25, 0.3) is 0 Å². The molecule has 0 aliphatic rings. The van der Waals surface area contributed by atoms with Crippen molar-refractivity contribution >= 4 is 11.9 Å². The first-order valence-electron chi connectivity index (χ1n) is 3.96. The molecular formula is C8H10N2O4. The van der Waals surface area contributed by atoms with E-state index in [2.05, 4.69) is 10.2 Å². The molecule has 0 aromatic carbocycles. The predicted molar refractivity (Wildman–Crippen MR) is 45.7 cm³/mol. The van der Waals surface area contributed by atoms with Crippen LogP contribution in [0.5, 0.6) is 0 Å². The fraction of sp³-hybridized carbons (Fsp3) is 0.375. The first-order chi connectivity index (χ1) is 6.50. The van der Waals surface area contributed by atoms with Gasteiger partial charge in [-0.25, -0.2) is 4.79 Å². The van der Waals surface area contributed by atoms with Crippen molar-refractivity contribution in [2.24, 2.45) is 0 Å². The van der Waals surface area contributed by atoms with Gasteiger partial charge in [0.2, 0.25) is 0 Å². The average molecular weight is 198 g/mol. The van der Waals surface area contributed by atoms with Crippen LogP contribution in [0.1, 0.15) is 36.1 Å². The van der Waals surface area contributed by atoms with Crippen molar-refractivity contribution in [3.05, 3.63) is 17.5 Å². The first kappa shape index (κ1) is 10.2. The Morgan fingerprint density at radius 3 is 2.71 bits per heavy atom. The van der Waals surface area contributed by atoms with Gasteiger partial charge in [0.15, 0.2) is 5.69 Å². The minimum atomic E-state index is -1.12. The fourth-order valence-corrected chi connectivity index (χ4v) is 0.967. The van der Waals surface area contributed by atoms with Gasteiger partial charge < -0.3 is 9.84 Å². The summed E-state index contributed by atoms with van der Waals surface area (Å²) in [6, 6.07) is 1.33. The van der Waals surface area contributed by atoms with Crippen molar-refractivity contribution in [1.29, 1.82) is 0 Å². The Bertz CT molecular complexity index is 358. The highest BCUT2D eigenvalue weighted by Crippen LogP contribution is 2.14. The summed E-state index contributed by atoms with van der Waals surface area (Å²) < 4.78 is 4.83. The molecule has 0 spiro atoms. The minimum absolute atomic E-state index is 0.0981. The molecule has 1 unspecified atom stereocenters. The number of aromatic amines is 1. The van der Waals surface area contributed by atoms with E-state index >= 15 is 0 Å². The first-order valence-corrected chi connectivity index (χ1v) is 3.96. The quantitative estimate of drug-likeness (QED) is 0.698. The number of aromatic nitrogens is 2. The molecule has 2 N–H and O–H groups in total. The van der Waals surface area contributed by atoms with Gasteiger partial charge in [-0.2, -0.15) is 5.10 Å². The van der Waals surface area contributed by atoms with Gasteiger partial charge in [-0.3, -0.25) is 9.89 Å². The van der Waals surface area contributed by atoms with Crippen molar-refractivity contribution in [3.63, 3.8) is 0 Å². The number of ether oxygens (including phenoxy) is 1. The normalized spacial score (nSPS) is 12.1. The zero-order chi connectivity index (χ0) is 10.7. The van der Waals surface area contributed by atoms with E-state index in [0.29, 0.717) is 5.69 Å². The number of carboxylic acids is 1. The molecule has 14 heavy (non-hydrogen) atoms. The summed E-state index contributed by atoms with van der Waals surface area (Å²) in [7, 11) is 0. The van der Waals surface area contributed by atoms with E-state index < -0.39 is 18.0 Å². The van der Waals surface area contributed by atoms with Gasteiger partial charge in [-0.1, -0.05) is 0 Å². The molecular weight excluding hydrogens is 188 g/mol. The van der Waals surface area contributed by atoms with Crippen LogP contribution in [-0.2, 0) is 9.53 Å². The summed E-state index contributed by atoms with van der Waals surface area (Å²) >= 11 is 0. The molecule has 0 bridgehead atoms. The number of nitrogens with zero attached hydrogens (tertiary/aromatic N) is 1. The summed E-state index contributed by atoms with van der Waals surface area (Å²) in [5.41, 5.74) is 0.358. The van der Waals surface area contributed by atoms with E-state index in [1.807, 2.05) is 0 Å². The number of carboxylic acid groups (broad SMARTS) is 1. The Hall–Kier alpha value is -1.85. The smallest absolute Gasteiger partial charge is 0.356 e. The number of rotatable bonds is 3. The lowest BCUT2D eigenvalue weighted by Crippen LogP contribution is -2.04. The van der Waals surface area contributed by atoms with Crippen LogP contribution >= 0.6 is 0 Å². The van der Waals surface area contributed by atoms with E-state index in [1.165, 1.54) is 13.0 Å². The number of hydrogen-bond donors (Lipinski definition) is 2. The number of carbonyl (C=O) groups is 2. The van der Waals surface area contributed by atoms with Gasteiger partial charge in [0.1, 0.15) is 6.10 Å². The van der Waals surface area contributed by atoms with Crippen LogP contribution in [0.2, 0.25) is 0 Å². The third-order valence-electron chi connectivity index (χ3n) is 1.60. The summed E-state index contributed by atoms with van der Waals surface area (Å²) in [6.45, 7) is 2.91. The van der Waals surface area contributed by atoms with Crippen LogP contribution < -0.4 is 0 Å². The Balaban J connectivity index is 2.76. The minimum Gasteiger partial charge on any atom is -0.476 e. The Morgan fingerprint density at radius 1 is 1.64 bits per heavy atom. The summed E-state index contributed by atoms with van der Waals surface area (Å²) in [5, 5.41) is 14.6. The van der Waals surface area contributed by atoms with Gasteiger partial charge in [-0.05, 0) is 13.0 Å². The highest BCUT2D eigenvalue weighted by molar-refractivity contribution is 5.85. The molecule has 0 saturated carbocycles. The maximum absolute atomic E-state index is 10.6. The molecule has 0 radical (unpaired) electrons. The molecule has 76 valence electrons. The topological polar surface area (TPSA) is 92.3 Å². The van der Waals surface area contributed by atoms with Gasteiger partial charge in [0.25, 0.3) is 0 Å². The van der Waals surface area contributed by atoms with E-state index in [0.717, 1.165) is 0 Å². The number of carbonyl (C=O) groups excluding carboxylic acids is 1. The lowest BCUT2D eigenvalue weighted by molar-refractivity contribution is -0.145. The number of esters is 1. The van der Waals surface area contributed by atoms with Gasteiger partial charge in [0, 0.05) is 6.92 Å². The number of aromatic carboxylic acids is 1. The molecule has 1 aromatic rings. The molecule has 0 aliphatic carbocycles. The van der Waals surface area contributed by atoms with Crippen molar-refractivity contribution in [2.75, 3.05) is 0 Å². The third-order valence-corrected chi connectivity index (χ3v) is 1.60. The standard InChI is InChI=1S/C8H10N2O4/c1-4(14-5(2)11)6-3-7(8(12)13)10-9-6/h3-4H,1-2H3,(H,9,10)(H,12,13). The molecule has 1 atom stereocenters. The molecule has 1 rings (SSSR count). The van der Waals surface area contributed by atoms with E-state index in [4.69, 9.17) is 9.84 Å². The van der Waals surface area contributed by atoms with Gasteiger partial charge in [0.05, 0.1) is 5.69 Å². The van der Waals surface area contributed by atoms with Gasteiger partial charge >= 0.3 is 11.9 Å². The SMILES string of the molecule is CC(=O)OC(C)c1cc(C(=O)O)n[nH]1. The predicted octanol–water partition coefficient (Wildman–Crippen LogP) is 0.732. The maximum atomic E-state index is 10.6. The molecule has 0 saturated heterocycles. The van der Waals surface area contributed by atoms with Crippen molar-refractivity contribution in [2.45, 2.75) is 20.0 Å². The van der Waals surface area contributed by atoms with Crippen LogP contribution in [0, 0.1) is 0 Å². The zero-order valence-corrected chi connectivity index (χ0v) is 7.77. The largest absolute Gasteiger partial charge is 0.476 e. The van der Waals surface area contributed by atoms with Crippen LogP contribution in [0.3, 0.4) is 0 Å². The third kappa shape index (κ3) is 2.32. The Morgan fingerprint density at radius 2 is 2.29 bits per heavy atom. The molecule has 1 heterocycles. The number of H-pyrrole nitrogens is 1. The molecule has 0 amide bonds. The summed E-state index contributed by atoms with van der Waals surface area (Å²) in [5.74, 6) is -1.55. The molecule has 0 fully saturated rings.